The molecule has 174 valence electrons. The van der Waals surface area contributed by atoms with Gasteiger partial charge in [-0.3, -0.25) is 4.90 Å². The molecule has 0 spiro atoms. The van der Waals surface area contributed by atoms with Crippen LogP contribution in [-0.4, -0.2) is 49.2 Å². The maximum Gasteiger partial charge on any atom is 0.355 e. The number of hydrogen-bond donors (Lipinski definition) is 3. The lowest BCUT2D eigenvalue weighted by atomic mass is 9.94. The summed E-state index contributed by atoms with van der Waals surface area (Å²) in [5.74, 6) is 0.372. The lowest BCUT2D eigenvalue weighted by Crippen LogP contribution is -2.39. The van der Waals surface area contributed by atoms with Crippen LogP contribution in [0.1, 0.15) is 11.1 Å². The van der Waals surface area contributed by atoms with Crippen molar-refractivity contribution < 1.29 is 5.11 Å². The second kappa shape index (κ2) is 8.84. The van der Waals surface area contributed by atoms with Crippen LogP contribution in [0.25, 0.3) is 16.7 Å². The molecule has 1 unspecified atom stereocenters. The second-order valence-electron chi connectivity index (χ2n) is 8.18. The smallest absolute Gasteiger partial charge is 0.355 e. The number of hydrogen-bond acceptors (Lipinski definition) is 8. The number of likely N-dealkylation sites (N-methyl/N-ethyl adjacent to an activating group) is 1. The van der Waals surface area contributed by atoms with Crippen molar-refractivity contribution >= 4 is 51.7 Å². The normalized spacial score (nSPS) is 15.9. The molecule has 0 saturated heterocycles. The van der Waals surface area contributed by atoms with E-state index in [1.807, 2.05) is 25.2 Å². The molecule has 9 nitrogen and oxygen atoms in total. The van der Waals surface area contributed by atoms with Gasteiger partial charge in [-0.05, 0) is 48.9 Å². The number of nitrogens with zero attached hydrogens (tertiary/aromatic N) is 5. The number of para-hydroxylation sites is 1. The first-order chi connectivity index (χ1) is 16.4. The maximum absolute atomic E-state index is 12.8. The molecule has 4 aromatic rings. The molecule has 1 atom stereocenters. The fraction of sp³-hybridized carbons (Fsp3) is 0.217. The fourth-order valence-corrected chi connectivity index (χ4v) is 4.74. The summed E-state index contributed by atoms with van der Waals surface area (Å²) in [6.07, 6.45) is 2.30. The van der Waals surface area contributed by atoms with Gasteiger partial charge in [0, 0.05) is 24.5 Å². The average molecular weight is 498 g/mol. The Kier molecular flexibility index (Phi) is 5.86. The van der Waals surface area contributed by atoms with Crippen molar-refractivity contribution in [3.8, 4) is 5.69 Å². The van der Waals surface area contributed by atoms with Gasteiger partial charge >= 0.3 is 5.69 Å². The lowest BCUT2D eigenvalue weighted by Gasteiger charge is -2.33. The zero-order valence-corrected chi connectivity index (χ0v) is 19.7. The number of nitrogens with one attached hydrogen (secondary N) is 1. The zero-order chi connectivity index (χ0) is 24.0. The van der Waals surface area contributed by atoms with Gasteiger partial charge in [-0.2, -0.15) is 9.97 Å². The van der Waals surface area contributed by atoms with E-state index in [2.05, 4.69) is 25.2 Å². The van der Waals surface area contributed by atoms with Crippen molar-refractivity contribution in [2.24, 2.45) is 0 Å². The number of benzene rings is 2. The van der Waals surface area contributed by atoms with Gasteiger partial charge in [0.25, 0.3) is 0 Å². The van der Waals surface area contributed by atoms with Gasteiger partial charge in [0.1, 0.15) is 5.82 Å². The van der Waals surface area contributed by atoms with E-state index in [-0.39, 0.29) is 45.8 Å². The first-order valence-corrected chi connectivity index (χ1v) is 11.3. The Balaban J connectivity index is 1.49. The van der Waals surface area contributed by atoms with Crippen molar-refractivity contribution in [2.45, 2.75) is 19.0 Å². The Morgan fingerprint density at radius 2 is 1.94 bits per heavy atom. The first-order valence-electron chi connectivity index (χ1n) is 10.6. The summed E-state index contributed by atoms with van der Waals surface area (Å²) in [6.45, 7) is 0.859. The van der Waals surface area contributed by atoms with E-state index < -0.39 is 5.69 Å². The molecule has 4 N–H and O–H groups in total. The van der Waals surface area contributed by atoms with Gasteiger partial charge in [0.05, 0.1) is 27.7 Å². The Morgan fingerprint density at radius 1 is 1.18 bits per heavy atom. The van der Waals surface area contributed by atoms with E-state index in [0.717, 1.165) is 23.2 Å². The van der Waals surface area contributed by atoms with Crippen molar-refractivity contribution in [3.05, 3.63) is 74.3 Å². The Bertz CT molecular complexity index is 1450. The predicted molar refractivity (Wildman–Crippen MR) is 133 cm³/mol. The van der Waals surface area contributed by atoms with Crippen molar-refractivity contribution in [1.29, 1.82) is 0 Å². The van der Waals surface area contributed by atoms with Gasteiger partial charge in [-0.1, -0.05) is 35.3 Å². The van der Waals surface area contributed by atoms with Crippen LogP contribution in [0.5, 0.6) is 0 Å². The molecule has 11 heteroatoms. The molecule has 0 saturated carbocycles. The minimum atomic E-state index is -0.653. The zero-order valence-electron chi connectivity index (χ0n) is 18.2. The van der Waals surface area contributed by atoms with Crippen LogP contribution in [0.3, 0.4) is 0 Å². The number of fused-ring (bicyclic) bond motifs is 2. The van der Waals surface area contributed by atoms with Crippen LogP contribution in [0.2, 0.25) is 10.0 Å². The summed E-state index contributed by atoms with van der Waals surface area (Å²) >= 11 is 12.5. The molecule has 1 aliphatic heterocycles. The van der Waals surface area contributed by atoms with E-state index in [1.165, 1.54) is 17.3 Å². The summed E-state index contributed by atoms with van der Waals surface area (Å²) < 4.78 is 1.16. The first kappa shape index (κ1) is 22.5. The SMILES string of the molecule is CN1Cc2cc(Nc3ncc4c(N)n(-c5c(Cl)cccc5Cl)c(=O)nc4n3)ccc2CC1CO. The van der Waals surface area contributed by atoms with Crippen LogP contribution < -0.4 is 16.7 Å². The largest absolute Gasteiger partial charge is 0.395 e. The highest BCUT2D eigenvalue weighted by Gasteiger charge is 2.23. The number of rotatable bonds is 4. The van der Waals surface area contributed by atoms with E-state index in [4.69, 9.17) is 28.9 Å². The Morgan fingerprint density at radius 3 is 2.68 bits per heavy atom. The minimum Gasteiger partial charge on any atom is -0.395 e. The third kappa shape index (κ3) is 3.97. The molecule has 0 bridgehead atoms. The standard InChI is InChI=1S/C23H21Cl2N7O2/c1-31-10-13-7-14(6-5-12(13)8-15(31)11-33)28-22-27-9-16-20(26)32(23(34)30-21(16)29-22)19-17(24)3-2-4-18(19)25/h2-7,9,15,33H,8,10-11,26H2,1H3,(H,28,29,30,34). The number of nitrogen functional groups attached to an aromatic ring is 1. The van der Waals surface area contributed by atoms with Gasteiger partial charge in [0.15, 0.2) is 5.65 Å². The molecule has 0 amide bonds. The highest BCUT2D eigenvalue weighted by atomic mass is 35.5. The molecule has 0 fully saturated rings. The highest BCUT2D eigenvalue weighted by molar-refractivity contribution is 6.37. The molecule has 1 aliphatic rings. The molecule has 0 radical (unpaired) electrons. The minimum absolute atomic E-state index is 0.0896. The molecular weight excluding hydrogens is 477 g/mol. The van der Waals surface area contributed by atoms with Crippen LogP contribution in [0.4, 0.5) is 17.5 Å². The lowest BCUT2D eigenvalue weighted by molar-refractivity contribution is 0.131. The number of aliphatic hydroxyl groups is 1. The quantitative estimate of drug-likeness (QED) is 0.392. The van der Waals surface area contributed by atoms with Crippen molar-refractivity contribution in [2.75, 3.05) is 24.7 Å². The Hall–Kier alpha value is -3.24. The average Bonchev–Trinajstić information content (AvgIpc) is 2.80. The van der Waals surface area contributed by atoms with Gasteiger partial charge in [-0.25, -0.2) is 14.3 Å². The molecule has 34 heavy (non-hydrogen) atoms. The Labute approximate surface area is 204 Å². The van der Waals surface area contributed by atoms with E-state index >= 15 is 0 Å². The van der Waals surface area contributed by atoms with E-state index in [0.29, 0.717) is 5.39 Å². The molecular formula is C23H21Cl2N7O2. The van der Waals surface area contributed by atoms with Gasteiger partial charge in [-0.15, -0.1) is 0 Å². The molecule has 3 heterocycles. The molecule has 0 aliphatic carbocycles. The molecule has 5 rings (SSSR count). The third-order valence-electron chi connectivity index (χ3n) is 6.01. The van der Waals surface area contributed by atoms with Crippen LogP contribution in [0.15, 0.2) is 47.4 Å². The van der Waals surface area contributed by atoms with Gasteiger partial charge < -0.3 is 16.2 Å². The molecule has 2 aromatic carbocycles. The number of aliphatic hydroxyl groups excluding tert-OH is 1. The highest BCUT2D eigenvalue weighted by Crippen LogP contribution is 2.31. The summed E-state index contributed by atoms with van der Waals surface area (Å²) in [4.78, 5) is 27.8. The van der Waals surface area contributed by atoms with Crippen molar-refractivity contribution in [1.82, 2.24) is 24.4 Å². The summed E-state index contributed by atoms with van der Waals surface area (Å²) in [7, 11) is 2.00. The summed E-state index contributed by atoms with van der Waals surface area (Å²) in [5, 5.41) is 13.6. The summed E-state index contributed by atoms with van der Waals surface area (Å²) in [6, 6.07) is 11.0. The monoisotopic (exact) mass is 497 g/mol. The number of aromatic nitrogens is 4. The second-order valence-corrected chi connectivity index (χ2v) is 8.99. The van der Waals surface area contributed by atoms with Crippen molar-refractivity contribution in [3.63, 3.8) is 0 Å². The fourth-order valence-electron chi connectivity index (χ4n) is 4.17. The number of anilines is 3. The van der Waals surface area contributed by atoms with Gasteiger partial charge in [0.2, 0.25) is 5.95 Å². The third-order valence-corrected chi connectivity index (χ3v) is 6.62. The predicted octanol–water partition coefficient (Wildman–Crippen LogP) is 3.16. The topological polar surface area (TPSA) is 122 Å². The van der Waals surface area contributed by atoms with Crippen LogP contribution in [0, 0.1) is 0 Å². The summed E-state index contributed by atoms with van der Waals surface area (Å²) in [5.41, 5.74) is 9.22. The molecule has 2 aromatic heterocycles. The maximum atomic E-state index is 12.8. The number of nitrogens with two attached hydrogens (primary N) is 1. The van der Waals surface area contributed by atoms with Crippen LogP contribution in [-0.2, 0) is 13.0 Å². The number of halogens is 2. The van der Waals surface area contributed by atoms with E-state index in [9.17, 15) is 9.90 Å². The van der Waals surface area contributed by atoms with E-state index in [1.54, 1.807) is 18.2 Å². The van der Waals surface area contributed by atoms with Crippen LogP contribution >= 0.6 is 23.2 Å².